The number of ether oxygens (including phenoxy) is 2. The molecule has 1 heterocycles. The lowest BCUT2D eigenvalue weighted by Gasteiger charge is -2.54. The minimum atomic E-state index is 0.253. The van der Waals surface area contributed by atoms with Crippen LogP contribution in [-0.2, 0) is 13.2 Å². The first-order valence-electron chi connectivity index (χ1n) is 12.5. The Balaban J connectivity index is 1.10. The van der Waals surface area contributed by atoms with Gasteiger partial charge in [0.15, 0.2) is 23.9 Å². The molecule has 7 heteroatoms. The van der Waals surface area contributed by atoms with E-state index in [-0.39, 0.29) is 6.61 Å². The number of nitrogens with zero attached hydrogens (tertiary/aromatic N) is 4. The van der Waals surface area contributed by atoms with Crippen LogP contribution in [0.4, 0.5) is 0 Å². The van der Waals surface area contributed by atoms with Crippen LogP contribution in [-0.4, -0.2) is 33.4 Å². The zero-order valence-electron chi connectivity index (χ0n) is 20.0. The van der Waals surface area contributed by atoms with Crippen LogP contribution in [0.5, 0.6) is 11.5 Å². The van der Waals surface area contributed by atoms with Gasteiger partial charge in [0, 0.05) is 12.6 Å². The predicted molar refractivity (Wildman–Crippen MR) is 129 cm³/mol. The third-order valence-corrected chi connectivity index (χ3v) is 8.17. The molecular formula is C27H33N5O2. The number of benzene rings is 2. The second kappa shape index (κ2) is 9.02. The molecule has 1 aromatic heterocycles. The minimum Gasteiger partial charge on any atom is -0.493 e. The van der Waals surface area contributed by atoms with Gasteiger partial charge in [-0.2, -0.15) is 4.68 Å². The molecular weight excluding hydrogens is 426 g/mol. The summed E-state index contributed by atoms with van der Waals surface area (Å²) in [4.78, 5) is 0. The third-order valence-electron chi connectivity index (χ3n) is 8.17. The zero-order chi connectivity index (χ0) is 23.1. The molecule has 2 aromatic carbocycles. The highest BCUT2D eigenvalue weighted by molar-refractivity contribution is 5.43. The fourth-order valence-corrected chi connectivity index (χ4v) is 6.76. The summed E-state index contributed by atoms with van der Waals surface area (Å²) in [6.07, 6.45) is 7.23. The van der Waals surface area contributed by atoms with Crippen molar-refractivity contribution in [1.82, 2.24) is 25.5 Å². The number of rotatable bonds is 8. The van der Waals surface area contributed by atoms with Gasteiger partial charge in [-0.05, 0) is 103 Å². The monoisotopic (exact) mass is 459 g/mol. The molecule has 4 saturated carbocycles. The normalized spacial score (nSPS) is 27.2. The lowest BCUT2D eigenvalue weighted by atomic mass is 9.54. The first-order chi connectivity index (χ1) is 16.7. The van der Waals surface area contributed by atoms with E-state index in [9.17, 15) is 0 Å². The first-order valence-corrected chi connectivity index (χ1v) is 12.5. The molecule has 0 radical (unpaired) electrons. The Morgan fingerprint density at radius 1 is 0.941 bits per heavy atom. The van der Waals surface area contributed by atoms with Crippen LogP contribution in [0.25, 0.3) is 5.69 Å². The van der Waals surface area contributed by atoms with E-state index in [1.54, 1.807) is 11.8 Å². The van der Waals surface area contributed by atoms with Gasteiger partial charge in [0.1, 0.15) is 0 Å². The third kappa shape index (κ3) is 4.17. The topological polar surface area (TPSA) is 74.1 Å². The Hall–Kier alpha value is -2.93. The summed E-state index contributed by atoms with van der Waals surface area (Å²) in [5.74, 6) is 5.82. The standard InChI is InChI=1S/C27H33N5O2/c1-17-3-6-23(7-4-17)32-26(29-30-31-32)16-34-24-8-5-18(14-25(24)33-2)15-28-27-21-10-19-9-20(12-21)13-22(27)11-19/h3-8,14,19-22,27-28H,9-13,15-16H2,1-2H3. The Morgan fingerprint density at radius 2 is 1.68 bits per heavy atom. The highest BCUT2D eigenvalue weighted by atomic mass is 16.5. The van der Waals surface area contributed by atoms with E-state index in [0.717, 1.165) is 41.7 Å². The molecule has 7 rings (SSSR count). The maximum Gasteiger partial charge on any atom is 0.194 e. The van der Waals surface area contributed by atoms with Crippen molar-refractivity contribution in [3.8, 4) is 17.2 Å². The zero-order valence-corrected chi connectivity index (χ0v) is 20.0. The van der Waals surface area contributed by atoms with Gasteiger partial charge in [-0.15, -0.1) is 5.10 Å². The largest absolute Gasteiger partial charge is 0.493 e. The van der Waals surface area contributed by atoms with Gasteiger partial charge < -0.3 is 14.8 Å². The summed E-state index contributed by atoms with van der Waals surface area (Å²) in [5, 5.41) is 16.0. The summed E-state index contributed by atoms with van der Waals surface area (Å²) in [6.45, 7) is 3.18. The van der Waals surface area contributed by atoms with Gasteiger partial charge >= 0.3 is 0 Å². The van der Waals surface area contributed by atoms with Gasteiger partial charge in [-0.1, -0.05) is 23.8 Å². The lowest BCUT2D eigenvalue weighted by molar-refractivity contribution is -0.0142. The molecule has 7 nitrogen and oxygen atoms in total. The van der Waals surface area contributed by atoms with Crippen molar-refractivity contribution in [2.45, 2.75) is 58.2 Å². The molecule has 0 aliphatic heterocycles. The van der Waals surface area contributed by atoms with Gasteiger partial charge in [-0.3, -0.25) is 0 Å². The Kier molecular flexibility index (Phi) is 5.73. The van der Waals surface area contributed by atoms with E-state index in [4.69, 9.17) is 9.47 Å². The Bertz CT molecular complexity index is 1110. The molecule has 178 valence electrons. The van der Waals surface area contributed by atoms with Gasteiger partial charge in [0.25, 0.3) is 0 Å². The number of hydrogen-bond acceptors (Lipinski definition) is 6. The molecule has 1 N–H and O–H groups in total. The molecule has 0 atom stereocenters. The van der Waals surface area contributed by atoms with E-state index in [1.165, 1.54) is 43.2 Å². The number of hydrogen-bond donors (Lipinski definition) is 1. The SMILES string of the molecule is COc1cc(CNC2C3CC4CC(C3)CC2C4)ccc1OCc1nnnn1-c1ccc(C)cc1. The molecule has 0 spiro atoms. The molecule has 0 saturated heterocycles. The van der Waals surface area contributed by atoms with Gasteiger partial charge in [0.05, 0.1) is 12.8 Å². The van der Waals surface area contributed by atoms with E-state index in [2.05, 4.69) is 39.9 Å². The summed E-state index contributed by atoms with van der Waals surface area (Å²) >= 11 is 0. The van der Waals surface area contributed by atoms with E-state index in [0.29, 0.717) is 17.6 Å². The molecule has 4 aliphatic carbocycles. The Labute approximate surface area is 200 Å². The average molecular weight is 460 g/mol. The highest BCUT2D eigenvalue weighted by Crippen LogP contribution is 2.53. The van der Waals surface area contributed by atoms with E-state index >= 15 is 0 Å². The summed E-state index contributed by atoms with van der Waals surface area (Å²) in [6, 6.07) is 15.0. The van der Waals surface area contributed by atoms with Crippen molar-refractivity contribution >= 4 is 0 Å². The maximum absolute atomic E-state index is 6.08. The Morgan fingerprint density at radius 3 is 2.38 bits per heavy atom. The number of tetrazole rings is 1. The first kappa shape index (κ1) is 21.6. The van der Waals surface area contributed by atoms with Crippen LogP contribution in [0.3, 0.4) is 0 Å². The highest BCUT2D eigenvalue weighted by Gasteiger charge is 2.47. The van der Waals surface area contributed by atoms with Crippen LogP contribution in [0.15, 0.2) is 42.5 Å². The number of aryl methyl sites for hydroxylation is 1. The second-order valence-corrected chi connectivity index (χ2v) is 10.5. The molecule has 34 heavy (non-hydrogen) atoms. The minimum absolute atomic E-state index is 0.253. The van der Waals surface area contributed by atoms with E-state index < -0.39 is 0 Å². The van der Waals surface area contributed by atoms with Crippen LogP contribution in [0.2, 0.25) is 0 Å². The van der Waals surface area contributed by atoms with Crippen LogP contribution < -0.4 is 14.8 Å². The smallest absolute Gasteiger partial charge is 0.194 e. The molecule has 0 unspecified atom stereocenters. The van der Waals surface area contributed by atoms with Gasteiger partial charge in [-0.25, -0.2) is 0 Å². The van der Waals surface area contributed by atoms with Crippen LogP contribution in [0.1, 0.15) is 49.1 Å². The van der Waals surface area contributed by atoms with Crippen molar-refractivity contribution in [3.63, 3.8) is 0 Å². The quantitative estimate of drug-likeness (QED) is 0.536. The predicted octanol–water partition coefficient (Wildman–Crippen LogP) is 4.47. The van der Waals surface area contributed by atoms with Crippen LogP contribution >= 0.6 is 0 Å². The molecule has 4 aliphatic rings. The number of nitrogens with one attached hydrogen (secondary N) is 1. The van der Waals surface area contributed by atoms with Crippen molar-refractivity contribution in [1.29, 1.82) is 0 Å². The number of aromatic nitrogens is 4. The molecule has 4 bridgehead atoms. The molecule has 0 amide bonds. The summed E-state index contributed by atoms with van der Waals surface area (Å²) < 4.78 is 13.4. The second-order valence-electron chi connectivity index (χ2n) is 10.5. The fraction of sp³-hybridized carbons (Fsp3) is 0.519. The van der Waals surface area contributed by atoms with Crippen molar-refractivity contribution in [2.24, 2.45) is 23.7 Å². The summed E-state index contributed by atoms with van der Waals surface area (Å²) in [5.41, 5.74) is 3.33. The van der Waals surface area contributed by atoms with Crippen molar-refractivity contribution in [3.05, 3.63) is 59.4 Å². The molecule has 4 fully saturated rings. The maximum atomic E-state index is 6.08. The lowest BCUT2D eigenvalue weighted by Crippen LogP contribution is -2.54. The van der Waals surface area contributed by atoms with Crippen LogP contribution in [0, 0.1) is 30.6 Å². The number of methoxy groups -OCH3 is 1. The van der Waals surface area contributed by atoms with Gasteiger partial charge in [0.2, 0.25) is 0 Å². The molecule has 3 aromatic rings. The fourth-order valence-electron chi connectivity index (χ4n) is 6.76. The average Bonchev–Trinajstić information content (AvgIpc) is 3.31. The summed E-state index contributed by atoms with van der Waals surface area (Å²) in [7, 11) is 1.69. The van der Waals surface area contributed by atoms with Crippen molar-refractivity contribution < 1.29 is 9.47 Å². The van der Waals surface area contributed by atoms with E-state index in [1.807, 2.05) is 30.3 Å². The van der Waals surface area contributed by atoms with Crippen molar-refractivity contribution in [2.75, 3.05) is 7.11 Å².